The van der Waals surface area contributed by atoms with E-state index >= 15 is 0 Å². The van der Waals surface area contributed by atoms with Gasteiger partial charge in [0.25, 0.3) is 0 Å². The zero-order valence-corrected chi connectivity index (χ0v) is 15.3. The highest BCUT2D eigenvalue weighted by Crippen LogP contribution is 2.25. The van der Waals surface area contributed by atoms with Crippen LogP contribution >= 0.6 is 11.8 Å². The van der Waals surface area contributed by atoms with Crippen molar-refractivity contribution in [3.05, 3.63) is 42.5 Å². The van der Waals surface area contributed by atoms with Gasteiger partial charge in [0, 0.05) is 12.1 Å². The van der Waals surface area contributed by atoms with E-state index in [1.54, 1.807) is 0 Å². The minimum absolute atomic E-state index is 0.118. The summed E-state index contributed by atoms with van der Waals surface area (Å²) in [5.74, 6) is -0.346. The van der Waals surface area contributed by atoms with Crippen LogP contribution in [0.25, 0.3) is 10.8 Å². The molecule has 1 aliphatic heterocycles. The number of anilines is 1. The predicted octanol–water partition coefficient (Wildman–Crippen LogP) is 3.55. The Labute approximate surface area is 151 Å². The molecule has 1 aliphatic rings. The summed E-state index contributed by atoms with van der Waals surface area (Å²) in [6.45, 7) is 5.89. The van der Waals surface area contributed by atoms with E-state index in [1.165, 1.54) is 11.8 Å². The third-order valence-corrected chi connectivity index (χ3v) is 4.70. The average molecular weight is 355 g/mol. The van der Waals surface area contributed by atoms with E-state index in [4.69, 9.17) is 0 Å². The Morgan fingerprint density at radius 1 is 1.20 bits per heavy atom. The highest BCUT2D eigenvalue weighted by atomic mass is 32.2. The van der Waals surface area contributed by atoms with Gasteiger partial charge in [-0.1, -0.05) is 42.1 Å². The predicted molar refractivity (Wildman–Crippen MR) is 104 cm³/mol. The lowest BCUT2D eigenvalue weighted by atomic mass is 10.1. The van der Waals surface area contributed by atoms with Crippen LogP contribution in [0.3, 0.4) is 0 Å². The SMILES string of the molecule is CC(C)(C)N=C1NC(=O)[C@@H](CC(=O)Nc2ccc3ccccc3c2)S1. The molecule has 1 heterocycles. The van der Waals surface area contributed by atoms with Crippen LogP contribution in [0.5, 0.6) is 0 Å². The van der Waals surface area contributed by atoms with Gasteiger partial charge in [0.05, 0.1) is 5.54 Å². The van der Waals surface area contributed by atoms with Gasteiger partial charge in [-0.25, -0.2) is 0 Å². The average Bonchev–Trinajstić information content (AvgIpc) is 2.84. The largest absolute Gasteiger partial charge is 0.326 e. The second-order valence-electron chi connectivity index (χ2n) is 7.00. The number of rotatable bonds is 3. The number of nitrogens with one attached hydrogen (secondary N) is 2. The number of aliphatic imine (C=N–C) groups is 1. The maximum atomic E-state index is 12.3. The highest BCUT2D eigenvalue weighted by molar-refractivity contribution is 8.15. The number of thioether (sulfide) groups is 1. The van der Waals surface area contributed by atoms with E-state index in [9.17, 15) is 9.59 Å². The highest BCUT2D eigenvalue weighted by Gasteiger charge is 2.32. The van der Waals surface area contributed by atoms with Gasteiger partial charge >= 0.3 is 0 Å². The quantitative estimate of drug-likeness (QED) is 0.884. The van der Waals surface area contributed by atoms with E-state index in [0.717, 1.165) is 16.5 Å². The second-order valence-corrected chi connectivity index (χ2v) is 8.19. The summed E-state index contributed by atoms with van der Waals surface area (Å²) in [5, 5.41) is 7.94. The number of nitrogens with zero attached hydrogens (tertiary/aromatic N) is 1. The topological polar surface area (TPSA) is 70.6 Å². The molecule has 2 N–H and O–H groups in total. The molecule has 0 aromatic heterocycles. The molecule has 0 aliphatic carbocycles. The van der Waals surface area contributed by atoms with E-state index < -0.39 is 5.25 Å². The second kappa shape index (κ2) is 6.88. The summed E-state index contributed by atoms with van der Waals surface area (Å²) >= 11 is 1.32. The first kappa shape index (κ1) is 17.5. The normalized spacial score (nSPS) is 19.2. The molecule has 1 fully saturated rings. The summed E-state index contributed by atoms with van der Waals surface area (Å²) in [6.07, 6.45) is 0.118. The molecular weight excluding hydrogens is 334 g/mol. The Kier molecular flexibility index (Phi) is 4.81. The fraction of sp³-hybridized carbons (Fsp3) is 0.316. The molecule has 2 aromatic carbocycles. The number of hydrogen-bond acceptors (Lipinski definition) is 4. The third-order valence-electron chi connectivity index (χ3n) is 3.62. The number of amidine groups is 1. The monoisotopic (exact) mass is 355 g/mol. The number of benzene rings is 2. The smallest absolute Gasteiger partial charge is 0.240 e. The Hall–Kier alpha value is -2.34. The van der Waals surface area contributed by atoms with Crippen LogP contribution in [-0.4, -0.2) is 27.8 Å². The maximum absolute atomic E-state index is 12.3. The molecular formula is C19H21N3O2S. The number of fused-ring (bicyclic) bond motifs is 1. The van der Waals surface area contributed by atoms with Crippen molar-refractivity contribution >= 4 is 45.2 Å². The summed E-state index contributed by atoms with van der Waals surface area (Å²) in [4.78, 5) is 28.8. The van der Waals surface area contributed by atoms with E-state index in [2.05, 4.69) is 15.6 Å². The molecule has 0 spiro atoms. The number of carbonyl (C=O) groups excluding carboxylic acids is 2. The van der Waals surface area contributed by atoms with Crippen LogP contribution in [0.1, 0.15) is 27.2 Å². The molecule has 130 valence electrons. The van der Waals surface area contributed by atoms with E-state index in [-0.39, 0.29) is 23.8 Å². The van der Waals surface area contributed by atoms with Gasteiger partial charge in [0.2, 0.25) is 11.8 Å². The van der Waals surface area contributed by atoms with Gasteiger partial charge in [-0.15, -0.1) is 0 Å². The molecule has 0 unspecified atom stereocenters. The lowest BCUT2D eigenvalue weighted by Crippen LogP contribution is -2.28. The third kappa shape index (κ3) is 4.60. The van der Waals surface area contributed by atoms with E-state index in [0.29, 0.717) is 5.17 Å². The van der Waals surface area contributed by atoms with Crippen molar-refractivity contribution in [3.8, 4) is 0 Å². The molecule has 3 rings (SSSR count). The molecule has 1 atom stereocenters. The van der Waals surface area contributed by atoms with Crippen LogP contribution in [0, 0.1) is 0 Å². The first-order valence-electron chi connectivity index (χ1n) is 8.16. The molecule has 5 nitrogen and oxygen atoms in total. The van der Waals surface area contributed by atoms with Crippen LogP contribution in [0.2, 0.25) is 0 Å². The van der Waals surface area contributed by atoms with Gasteiger partial charge < -0.3 is 10.6 Å². The summed E-state index contributed by atoms with van der Waals surface area (Å²) in [6, 6.07) is 13.7. The van der Waals surface area contributed by atoms with Crippen LogP contribution in [-0.2, 0) is 9.59 Å². The Bertz CT molecular complexity index is 855. The first-order chi connectivity index (χ1) is 11.8. The summed E-state index contributed by atoms with van der Waals surface area (Å²) in [7, 11) is 0. The minimum atomic E-state index is -0.443. The lowest BCUT2D eigenvalue weighted by Gasteiger charge is -2.12. The number of carbonyl (C=O) groups is 2. The van der Waals surface area contributed by atoms with Crippen molar-refractivity contribution in [2.24, 2.45) is 4.99 Å². The zero-order chi connectivity index (χ0) is 18.0. The van der Waals surface area contributed by atoms with Crippen LogP contribution in [0.15, 0.2) is 47.5 Å². The lowest BCUT2D eigenvalue weighted by molar-refractivity contribution is -0.122. The Morgan fingerprint density at radius 2 is 1.92 bits per heavy atom. The van der Waals surface area contributed by atoms with Crippen molar-refractivity contribution in [2.75, 3.05) is 5.32 Å². The van der Waals surface area contributed by atoms with Crippen molar-refractivity contribution in [3.63, 3.8) is 0 Å². The summed E-state index contributed by atoms with van der Waals surface area (Å²) < 4.78 is 0. The Balaban J connectivity index is 1.64. The Morgan fingerprint density at radius 3 is 2.64 bits per heavy atom. The minimum Gasteiger partial charge on any atom is -0.326 e. The van der Waals surface area contributed by atoms with Gasteiger partial charge in [0.15, 0.2) is 5.17 Å². The summed E-state index contributed by atoms with van der Waals surface area (Å²) in [5.41, 5.74) is 0.466. The maximum Gasteiger partial charge on any atom is 0.240 e. The molecule has 1 saturated heterocycles. The van der Waals surface area contributed by atoms with Crippen LogP contribution < -0.4 is 10.6 Å². The van der Waals surface area contributed by atoms with Gasteiger partial charge in [-0.2, -0.15) is 0 Å². The zero-order valence-electron chi connectivity index (χ0n) is 14.5. The fourth-order valence-corrected chi connectivity index (χ4v) is 3.70. The van der Waals surface area contributed by atoms with Gasteiger partial charge in [-0.3, -0.25) is 14.6 Å². The van der Waals surface area contributed by atoms with Gasteiger partial charge in [0.1, 0.15) is 5.25 Å². The molecule has 2 amide bonds. The number of hydrogen-bond donors (Lipinski definition) is 2. The molecule has 0 bridgehead atoms. The van der Waals surface area contributed by atoms with Crippen molar-refractivity contribution in [1.29, 1.82) is 0 Å². The molecule has 6 heteroatoms. The van der Waals surface area contributed by atoms with Crippen LogP contribution in [0.4, 0.5) is 5.69 Å². The van der Waals surface area contributed by atoms with Crippen molar-refractivity contribution in [2.45, 2.75) is 38.0 Å². The number of amides is 2. The van der Waals surface area contributed by atoms with E-state index in [1.807, 2.05) is 63.2 Å². The van der Waals surface area contributed by atoms with Gasteiger partial charge in [-0.05, 0) is 43.7 Å². The standard InChI is InChI=1S/C19H21N3O2S/c1-19(2,3)22-18-21-17(24)15(25-18)11-16(23)20-14-9-8-12-6-4-5-7-13(12)10-14/h4-10,15H,11H2,1-3H3,(H,20,23)(H,21,22,24)/t15-/m1/s1. The molecule has 0 radical (unpaired) electrons. The first-order valence-corrected chi connectivity index (χ1v) is 9.04. The molecule has 2 aromatic rings. The molecule has 25 heavy (non-hydrogen) atoms. The van der Waals surface area contributed by atoms with Crippen molar-refractivity contribution in [1.82, 2.24) is 5.32 Å². The van der Waals surface area contributed by atoms with Crippen molar-refractivity contribution < 1.29 is 9.59 Å². The fourth-order valence-electron chi connectivity index (χ4n) is 2.54. The molecule has 0 saturated carbocycles.